The number of amides is 1. The maximum absolute atomic E-state index is 12.3. The summed E-state index contributed by atoms with van der Waals surface area (Å²) >= 11 is 0. The summed E-state index contributed by atoms with van der Waals surface area (Å²) in [5.41, 5.74) is 0.591. The van der Waals surface area contributed by atoms with Crippen LogP contribution in [-0.2, 0) is 14.3 Å². The Morgan fingerprint density at radius 1 is 1.10 bits per heavy atom. The third kappa shape index (κ3) is 7.85. The molecule has 0 bridgehead atoms. The minimum atomic E-state index is -0.339. The summed E-state index contributed by atoms with van der Waals surface area (Å²) in [6.45, 7) is 8.82. The SMILES string of the molecule is CCCCOc1ccc(/C=C/C(=O)OC2CCC(NC(=O)C(C)(C)CC)CC2)cc1. The Hall–Kier alpha value is -2.30. The highest BCUT2D eigenvalue weighted by Gasteiger charge is 2.30. The van der Waals surface area contributed by atoms with Gasteiger partial charge in [0.05, 0.1) is 6.61 Å². The smallest absolute Gasteiger partial charge is 0.331 e. The van der Waals surface area contributed by atoms with Crippen molar-refractivity contribution in [1.82, 2.24) is 5.32 Å². The summed E-state index contributed by atoms with van der Waals surface area (Å²) in [6, 6.07) is 7.85. The fourth-order valence-electron chi connectivity index (χ4n) is 3.24. The van der Waals surface area contributed by atoms with Crippen LogP contribution in [0.1, 0.15) is 78.2 Å². The first kappa shape index (κ1) is 24.0. The molecule has 0 spiro atoms. The lowest BCUT2D eigenvalue weighted by molar-refractivity contribution is -0.145. The lowest BCUT2D eigenvalue weighted by atomic mass is 9.87. The number of rotatable bonds is 10. The molecule has 0 aliphatic heterocycles. The van der Waals surface area contributed by atoms with Crippen molar-refractivity contribution in [3.63, 3.8) is 0 Å². The molecule has 0 aromatic heterocycles. The second-order valence-electron chi connectivity index (χ2n) is 8.73. The minimum absolute atomic E-state index is 0.0798. The van der Waals surface area contributed by atoms with Gasteiger partial charge in [-0.1, -0.05) is 46.2 Å². The monoisotopic (exact) mass is 415 g/mol. The van der Waals surface area contributed by atoms with E-state index >= 15 is 0 Å². The first-order chi connectivity index (χ1) is 14.3. The van der Waals surface area contributed by atoms with Gasteiger partial charge in [-0.15, -0.1) is 0 Å². The van der Waals surface area contributed by atoms with Crippen LogP contribution in [-0.4, -0.2) is 30.6 Å². The Balaban J connectivity index is 1.72. The molecule has 2 rings (SSSR count). The molecule has 30 heavy (non-hydrogen) atoms. The molecule has 0 saturated heterocycles. The molecule has 1 aromatic carbocycles. The summed E-state index contributed by atoms with van der Waals surface area (Å²) in [5, 5.41) is 3.15. The van der Waals surface area contributed by atoms with Crippen molar-refractivity contribution in [3.8, 4) is 5.75 Å². The van der Waals surface area contributed by atoms with E-state index in [-0.39, 0.29) is 29.4 Å². The van der Waals surface area contributed by atoms with E-state index < -0.39 is 0 Å². The highest BCUT2D eigenvalue weighted by molar-refractivity contribution is 5.87. The molecule has 1 fully saturated rings. The van der Waals surface area contributed by atoms with Crippen molar-refractivity contribution in [2.75, 3.05) is 6.61 Å². The van der Waals surface area contributed by atoms with Crippen LogP contribution in [0.5, 0.6) is 5.75 Å². The quantitative estimate of drug-likeness (QED) is 0.320. The number of nitrogens with one attached hydrogen (secondary N) is 1. The summed E-state index contributed by atoms with van der Waals surface area (Å²) in [6.07, 6.45) is 9.35. The fourth-order valence-corrected chi connectivity index (χ4v) is 3.24. The summed E-state index contributed by atoms with van der Waals surface area (Å²) in [5.74, 6) is 0.627. The van der Waals surface area contributed by atoms with Crippen molar-refractivity contribution in [3.05, 3.63) is 35.9 Å². The third-order valence-electron chi connectivity index (χ3n) is 5.85. The molecule has 5 nitrogen and oxygen atoms in total. The highest BCUT2D eigenvalue weighted by atomic mass is 16.5. The number of carbonyl (C=O) groups excluding carboxylic acids is 2. The van der Waals surface area contributed by atoms with Crippen molar-refractivity contribution < 1.29 is 19.1 Å². The van der Waals surface area contributed by atoms with Crippen LogP contribution in [0.15, 0.2) is 30.3 Å². The Kier molecular flexibility index (Phi) is 9.41. The van der Waals surface area contributed by atoms with Gasteiger partial charge in [-0.3, -0.25) is 4.79 Å². The lowest BCUT2D eigenvalue weighted by Gasteiger charge is -2.31. The zero-order chi connectivity index (χ0) is 22.0. The standard InChI is InChI=1S/C25H37NO4/c1-5-7-18-29-21-13-8-19(9-14-21)10-17-23(27)30-22-15-11-20(12-16-22)26-24(28)25(3,4)6-2/h8-10,13-14,17,20,22H,5-7,11-12,15-16,18H2,1-4H3,(H,26,28)/b17-10+. The molecule has 166 valence electrons. The maximum atomic E-state index is 12.3. The second kappa shape index (κ2) is 11.8. The summed E-state index contributed by atoms with van der Waals surface area (Å²) in [4.78, 5) is 24.5. The molecular formula is C25H37NO4. The number of benzene rings is 1. The Morgan fingerprint density at radius 2 is 1.77 bits per heavy atom. The van der Waals surface area contributed by atoms with E-state index in [0.29, 0.717) is 0 Å². The molecule has 1 N–H and O–H groups in total. The van der Waals surface area contributed by atoms with Gasteiger partial charge in [0.2, 0.25) is 5.91 Å². The van der Waals surface area contributed by atoms with Gasteiger partial charge in [0.15, 0.2) is 0 Å². The van der Waals surface area contributed by atoms with E-state index in [1.54, 1.807) is 6.08 Å². The van der Waals surface area contributed by atoms with Gasteiger partial charge in [0, 0.05) is 17.5 Å². The predicted molar refractivity (Wildman–Crippen MR) is 120 cm³/mol. The van der Waals surface area contributed by atoms with Crippen LogP contribution in [0.3, 0.4) is 0 Å². The van der Waals surface area contributed by atoms with Gasteiger partial charge in [-0.25, -0.2) is 4.79 Å². The second-order valence-corrected chi connectivity index (χ2v) is 8.73. The summed E-state index contributed by atoms with van der Waals surface area (Å²) in [7, 11) is 0. The van der Waals surface area contributed by atoms with Crippen LogP contribution in [0, 0.1) is 5.41 Å². The molecule has 0 heterocycles. The summed E-state index contributed by atoms with van der Waals surface area (Å²) < 4.78 is 11.2. The number of hydrogen-bond donors (Lipinski definition) is 1. The van der Waals surface area contributed by atoms with Crippen molar-refractivity contribution >= 4 is 18.0 Å². The Morgan fingerprint density at radius 3 is 2.37 bits per heavy atom. The molecule has 5 heteroatoms. The molecule has 0 unspecified atom stereocenters. The van der Waals surface area contributed by atoms with Crippen LogP contribution < -0.4 is 10.1 Å². The van der Waals surface area contributed by atoms with Gasteiger partial charge < -0.3 is 14.8 Å². The van der Waals surface area contributed by atoms with Gasteiger partial charge in [-0.05, 0) is 62.3 Å². The van der Waals surface area contributed by atoms with Crippen LogP contribution in [0.2, 0.25) is 0 Å². The average Bonchev–Trinajstić information content (AvgIpc) is 2.74. The first-order valence-corrected chi connectivity index (χ1v) is 11.3. The Labute approximate surface area is 181 Å². The van der Waals surface area contributed by atoms with Gasteiger partial charge >= 0.3 is 5.97 Å². The molecule has 1 amide bonds. The lowest BCUT2D eigenvalue weighted by Crippen LogP contribution is -2.45. The van der Waals surface area contributed by atoms with E-state index in [0.717, 1.165) is 62.9 Å². The van der Waals surface area contributed by atoms with Crippen LogP contribution in [0.25, 0.3) is 6.08 Å². The molecule has 1 aromatic rings. The zero-order valence-corrected chi connectivity index (χ0v) is 18.9. The number of hydrogen-bond acceptors (Lipinski definition) is 4. The predicted octanol–water partition coefficient (Wildman–Crippen LogP) is 5.29. The molecule has 1 saturated carbocycles. The van der Waals surface area contributed by atoms with Crippen molar-refractivity contribution in [2.45, 2.75) is 84.8 Å². The molecule has 0 atom stereocenters. The number of unbranched alkanes of at least 4 members (excludes halogenated alkanes) is 1. The average molecular weight is 416 g/mol. The van der Waals surface area contributed by atoms with E-state index in [4.69, 9.17) is 9.47 Å². The van der Waals surface area contributed by atoms with Crippen molar-refractivity contribution in [1.29, 1.82) is 0 Å². The van der Waals surface area contributed by atoms with E-state index in [9.17, 15) is 9.59 Å². The van der Waals surface area contributed by atoms with Crippen LogP contribution in [0.4, 0.5) is 0 Å². The molecule has 1 aliphatic rings. The highest BCUT2D eigenvalue weighted by Crippen LogP contribution is 2.25. The maximum Gasteiger partial charge on any atom is 0.331 e. The van der Waals surface area contributed by atoms with E-state index in [1.165, 1.54) is 6.08 Å². The molecular weight excluding hydrogens is 378 g/mol. The van der Waals surface area contributed by atoms with Gasteiger partial charge in [-0.2, -0.15) is 0 Å². The largest absolute Gasteiger partial charge is 0.494 e. The fraction of sp³-hybridized carbons (Fsp3) is 0.600. The molecule has 1 aliphatic carbocycles. The van der Waals surface area contributed by atoms with E-state index in [1.807, 2.05) is 45.0 Å². The minimum Gasteiger partial charge on any atom is -0.494 e. The van der Waals surface area contributed by atoms with Gasteiger partial charge in [0.25, 0.3) is 0 Å². The number of ether oxygens (including phenoxy) is 2. The van der Waals surface area contributed by atoms with E-state index in [2.05, 4.69) is 12.2 Å². The molecule has 0 radical (unpaired) electrons. The van der Waals surface area contributed by atoms with Crippen molar-refractivity contribution in [2.24, 2.45) is 5.41 Å². The van der Waals surface area contributed by atoms with Gasteiger partial charge in [0.1, 0.15) is 11.9 Å². The number of esters is 1. The topological polar surface area (TPSA) is 64.6 Å². The first-order valence-electron chi connectivity index (χ1n) is 11.3. The third-order valence-corrected chi connectivity index (χ3v) is 5.85. The normalized spacial score (nSPS) is 19.5. The van der Waals surface area contributed by atoms with Crippen LogP contribution >= 0.6 is 0 Å². The number of carbonyl (C=O) groups is 2. The Bertz CT molecular complexity index is 700. The zero-order valence-electron chi connectivity index (χ0n) is 18.9.